The van der Waals surface area contributed by atoms with Crippen LogP contribution >= 0.6 is 0 Å². The van der Waals surface area contributed by atoms with Gasteiger partial charge in [0, 0.05) is 31.7 Å². The fourth-order valence-electron chi connectivity index (χ4n) is 5.71. The number of piperazine rings is 1. The molecule has 2 atom stereocenters. The molecule has 138 valence electrons. The molecule has 1 aliphatic carbocycles. The van der Waals surface area contributed by atoms with Crippen LogP contribution in [0.4, 0.5) is 0 Å². The van der Waals surface area contributed by atoms with Crippen LogP contribution in [0.3, 0.4) is 0 Å². The van der Waals surface area contributed by atoms with E-state index in [2.05, 4.69) is 34.9 Å². The molecule has 2 aliphatic heterocycles. The number of benzene rings is 1. The minimum absolute atomic E-state index is 0.777. The van der Waals surface area contributed by atoms with E-state index in [0.717, 1.165) is 30.3 Å². The smallest absolute Gasteiger partial charge is 0.121 e. The summed E-state index contributed by atoms with van der Waals surface area (Å²) in [5, 5.41) is 0. The van der Waals surface area contributed by atoms with Gasteiger partial charge in [0.15, 0.2) is 0 Å². The van der Waals surface area contributed by atoms with Crippen molar-refractivity contribution in [2.45, 2.75) is 70.5 Å². The van der Waals surface area contributed by atoms with Crippen molar-refractivity contribution in [1.29, 1.82) is 0 Å². The van der Waals surface area contributed by atoms with Gasteiger partial charge in [0.1, 0.15) is 5.75 Å². The van der Waals surface area contributed by atoms with E-state index in [4.69, 9.17) is 4.74 Å². The average molecular weight is 343 g/mol. The van der Waals surface area contributed by atoms with Crippen LogP contribution in [0, 0.1) is 12.8 Å². The van der Waals surface area contributed by atoms with Gasteiger partial charge in [0.25, 0.3) is 0 Å². The lowest BCUT2D eigenvalue weighted by molar-refractivity contribution is -0.00381. The largest absolute Gasteiger partial charge is 0.496 e. The summed E-state index contributed by atoms with van der Waals surface area (Å²) in [6, 6.07) is 8.34. The summed E-state index contributed by atoms with van der Waals surface area (Å²) in [5.74, 6) is 1.92. The zero-order chi connectivity index (χ0) is 17.2. The van der Waals surface area contributed by atoms with Gasteiger partial charge in [-0.05, 0) is 62.3 Å². The van der Waals surface area contributed by atoms with Crippen LogP contribution in [-0.4, -0.2) is 48.6 Å². The van der Waals surface area contributed by atoms with Gasteiger partial charge in [-0.15, -0.1) is 0 Å². The van der Waals surface area contributed by atoms with Crippen LogP contribution < -0.4 is 4.74 Å². The Morgan fingerprint density at radius 1 is 1.00 bits per heavy atom. The van der Waals surface area contributed by atoms with Gasteiger partial charge < -0.3 is 4.74 Å². The van der Waals surface area contributed by atoms with Crippen molar-refractivity contribution in [3.8, 4) is 5.75 Å². The molecule has 2 saturated heterocycles. The third-order valence-electron chi connectivity index (χ3n) is 6.88. The van der Waals surface area contributed by atoms with Crippen molar-refractivity contribution in [3.63, 3.8) is 0 Å². The average Bonchev–Trinajstić information content (AvgIpc) is 3.11. The molecule has 2 heterocycles. The third kappa shape index (κ3) is 3.59. The van der Waals surface area contributed by atoms with Crippen molar-refractivity contribution in [1.82, 2.24) is 9.80 Å². The Morgan fingerprint density at radius 3 is 2.60 bits per heavy atom. The molecular formula is C22H34N2O. The molecule has 3 fully saturated rings. The molecule has 0 spiro atoms. The normalized spacial score (nSPS) is 28.9. The van der Waals surface area contributed by atoms with Gasteiger partial charge in [-0.3, -0.25) is 9.80 Å². The summed E-state index contributed by atoms with van der Waals surface area (Å²) >= 11 is 0. The minimum Gasteiger partial charge on any atom is -0.496 e. The second kappa shape index (κ2) is 7.67. The Bertz CT molecular complexity index is 581. The third-order valence-corrected chi connectivity index (χ3v) is 6.88. The fraction of sp³-hybridized carbons (Fsp3) is 0.727. The minimum atomic E-state index is 0.777. The van der Waals surface area contributed by atoms with Gasteiger partial charge in [-0.1, -0.05) is 31.4 Å². The first-order valence-corrected chi connectivity index (χ1v) is 10.4. The van der Waals surface area contributed by atoms with Crippen LogP contribution in [-0.2, 0) is 6.54 Å². The first-order chi connectivity index (χ1) is 12.3. The van der Waals surface area contributed by atoms with Crippen molar-refractivity contribution in [2.24, 2.45) is 5.92 Å². The van der Waals surface area contributed by atoms with Crippen LogP contribution in [0.2, 0.25) is 0 Å². The Morgan fingerprint density at radius 2 is 1.84 bits per heavy atom. The number of aryl methyl sites for hydroxylation is 1. The number of hydrogen-bond acceptors (Lipinski definition) is 3. The molecule has 3 heteroatoms. The van der Waals surface area contributed by atoms with E-state index in [9.17, 15) is 0 Å². The van der Waals surface area contributed by atoms with Crippen LogP contribution in [0.25, 0.3) is 0 Å². The van der Waals surface area contributed by atoms with Crippen molar-refractivity contribution < 1.29 is 4.74 Å². The van der Waals surface area contributed by atoms with E-state index in [1.54, 1.807) is 7.11 Å². The predicted molar refractivity (Wildman–Crippen MR) is 103 cm³/mol. The Balaban J connectivity index is 1.54. The first kappa shape index (κ1) is 17.4. The molecule has 3 nitrogen and oxygen atoms in total. The SMILES string of the molecule is COc1ccc(CN2CCN3CCC[C@@H]3[C@H]2C2CCCCC2)cc1C. The highest BCUT2D eigenvalue weighted by atomic mass is 16.5. The topological polar surface area (TPSA) is 15.7 Å². The van der Waals surface area contributed by atoms with Crippen molar-refractivity contribution in [2.75, 3.05) is 26.7 Å². The van der Waals surface area contributed by atoms with Gasteiger partial charge >= 0.3 is 0 Å². The summed E-state index contributed by atoms with van der Waals surface area (Å²) in [6.07, 6.45) is 10.1. The highest BCUT2D eigenvalue weighted by Gasteiger charge is 2.42. The zero-order valence-corrected chi connectivity index (χ0v) is 16.0. The molecule has 0 bridgehead atoms. The van der Waals surface area contributed by atoms with E-state index >= 15 is 0 Å². The van der Waals surface area contributed by atoms with Crippen LogP contribution in [0.5, 0.6) is 5.75 Å². The fourth-order valence-corrected chi connectivity index (χ4v) is 5.71. The number of methoxy groups -OCH3 is 1. The summed E-state index contributed by atoms with van der Waals surface area (Å²) in [6.45, 7) is 7.11. The van der Waals surface area contributed by atoms with Gasteiger partial charge in [0.05, 0.1) is 7.11 Å². The molecule has 1 aromatic rings. The van der Waals surface area contributed by atoms with E-state index < -0.39 is 0 Å². The number of hydrogen-bond donors (Lipinski definition) is 0. The molecule has 0 unspecified atom stereocenters. The lowest BCUT2D eigenvalue weighted by atomic mass is 9.78. The molecule has 4 rings (SSSR count). The van der Waals surface area contributed by atoms with E-state index in [1.807, 2.05) is 0 Å². The molecule has 25 heavy (non-hydrogen) atoms. The predicted octanol–water partition coefficient (Wildman–Crippen LogP) is 4.23. The van der Waals surface area contributed by atoms with Crippen molar-refractivity contribution >= 4 is 0 Å². The Labute approximate surface area is 153 Å². The molecule has 0 aromatic heterocycles. The Kier molecular flexibility index (Phi) is 5.33. The summed E-state index contributed by atoms with van der Waals surface area (Å²) in [5.41, 5.74) is 2.71. The number of ether oxygens (including phenoxy) is 1. The molecule has 0 amide bonds. The Hall–Kier alpha value is -1.06. The maximum Gasteiger partial charge on any atom is 0.121 e. The standard InChI is InChI=1S/C22H34N2O/c1-17-15-18(10-11-21(17)25-2)16-24-14-13-23-12-6-9-20(23)22(24)19-7-4-3-5-8-19/h10-11,15,19-20,22H,3-9,12-14,16H2,1-2H3/t20-,22-/m1/s1. The second-order valence-corrected chi connectivity index (χ2v) is 8.41. The van der Waals surface area contributed by atoms with E-state index in [1.165, 1.54) is 75.7 Å². The quantitative estimate of drug-likeness (QED) is 0.814. The molecular weight excluding hydrogens is 308 g/mol. The molecule has 3 aliphatic rings. The molecule has 0 N–H and O–H groups in total. The zero-order valence-electron chi connectivity index (χ0n) is 16.0. The second-order valence-electron chi connectivity index (χ2n) is 8.41. The summed E-state index contributed by atoms with van der Waals surface area (Å²) in [7, 11) is 1.76. The maximum absolute atomic E-state index is 5.44. The van der Waals surface area contributed by atoms with E-state index in [0.29, 0.717) is 0 Å². The molecule has 1 aromatic carbocycles. The highest BCUT2D eigenvalue weighted by Crippen LogP contribution is 2.38. The maximum atomic E-state index is 5.44. The van der Waals surface area contributed by atoms with Gasteiger partial charge in [-0.2, -0.15) is 0 Å². The first-order valence-electron chi connectivity index (χ1n) is 10.4. The van der Waals surface area contributed by atoms with Gasteiger partial charge in [0.2, 0.25) is 0 Å². The monoisotopic (exact) mass is 342 g/mol. The van der Waals surface area contributed by atoms with Crippen LogP contribution in [0.1, 0.15) is 56.1 Å². The molecule has 1 saturated carbocycles. The molecule has 0 radical (unpaired) electrons. The highest BCUT2D eigenvalue weighted by molar-refractivity contribution is 5.36. The number of nitrogens with zero attached hydrogens (tertiary/aromatic N) is 2. The van der Waals surface area contributed by atoms with E-state index in [-0.39, 0.29) is 0 Å². The summed E-state index contributed by atoms with van der Waals surface area (Å²) < 4.78 is 5.44. The lowest BCUT2D eigenvalue weighted by Crippen LogP contribution is -2.59. The number of fused-ring (bicyclic) bond motifs is 1. The van der Waals surface area contributed by atoms with Crippen molar-refractivity contribution in [3.05, 3.63) is 29.3 Å². The summed E-state index contributed by atoms with van der Waals surface area (Å²) in [4.78, 5) is 5.64. The number of rotatable bonds is 4. The lowest BCUT2D eigenvalue weighted by Gasteiger charge is -2.49. The van der Waals surface area contributed by atoms with Gasteiger partial charge in [-0.25, -0.2) is 0 Å². The van der Waals surface area contributed by atoms with Crippen LogP contribution in [0.15, 0.2) is 18.2 Å².